The van der Waals surface area contributed by atoms with Gasteiger partial charge in [0.15, 0.2) is 0 Å². The van der Waals surface area contributed by atoms with E-state index in [0.29, 0.717) is 12.1 Å². The Morgan fingerprint density at radius 1 is 1.62 bits per heavy atom. The molecular formula is C11H22N2. The van der Waals surface area contributed by atoms with Crippen molar-refractivity contribution < 1.29 is 0 Å². The lowest BCUT2D eigenvalue weighted by atomic mass is 10.1. The zero-order valence-electron chi connectivity index (χ0n) is 8.92. The Balaban J connectivity index is 2.28. The summed E-state index contributed by atoms with van der Waals surface area (Å²) < 4.78 is 0. The van der Waals surface area contributed by atoms with Crippen molar-refractivity contribution >= 4 is 0 Å². The van der Waals surface area contributed by atoms with E-state index in [0.717, 1.165) is 6.54 Å². The Hall–Kier alpha value is -0.340. The van der Waals surface area contributed by atoms with Gasteiger partial charge in [-0.2, -0.15) is 0 Å². The van der Waals surface area contributed by atoms with Gasteiger partial charge < -0.3 is 5.32 Å². The second-order valence-electron chi connectivity index (χ2n) is 4.21. The molecular weight excluding hydrogens is 160 g/mol. The van der Waals surface area contributed by atoms with E-state index in [1.54, 1.807) is 0 Å². The number of likely N-dealkylation sites (tertiary alicyclic amines) is 1. The van der Waals surface area contributed by atoms with E-state index in [2.05, 4.69) is 30.6 Å². The van der Waals surface area contributed by atoms with Gasteiger partial charge in [0, 0.05) is 25.2 Å². The summed E-state index contributed by atoms with van der Waals surface area (Å²) in [5, 5.41) is 3.59. The van der Waals surface area contributed by atoms with Gasteiger partial charge in [0.05, 0.1) is 0 Å². The van der Waals surface area contributed by atoms with Crippen LogP contribution in [0.15, 0.2) is 12.7 Å². The molecule has 2 heteroatoms. The first-order chi connectivity index (χ1) is 6.22. The Kier molecular flexibility index (Phi) is 4.46. The third-order valence-corrected chi connectivity index (χ3v) is 2.46. The number of hydrogen-bond donors (Lipinski definition) is 1. The van der Waals surface area contributed by atoms with Gasteiger partial charge in [0.1, 0.15) is 0 Å². The number of nitrogens with zero attached hydrogens (tertiary/aromatic N) is 1. The Bertz CT molecular complexity index is 154. The molecule has 0 aliphatic carbocycles. The molecule has 0 aromatic carbocycles. The second kappa shape index (κ2) is 5.40. The van der Waals surface area contributed by atoms with Crippen molar-refractivity contribution in [3.05, 3.63) is 12.7 Å². The summed E-state index contributed by atoms with van der Waals surface area (Å²) >= 11 is 0. The highest BCUT2D eigenvalue weighted by Gasteiger charge is 2.18. The summed E-state index contributed by atoms with van der Waals surface area (Å²) in [4.78, 5) is 2.47. The van der Waals surface area contributed by atoms with Crippen molar-refractivity contribution in [3.8, 4) is 0 Å². The molecule has 0 aromatic heterocycles. The Morgan fingerprint density at radius 2 is 2.38 bits per heavy atom. The van der Waals surface area contributed by atoms with Gasteiger partial charge in [-0.05, 0) is 19.4 Å². The highest BCUT2D eigenvalue weighted by atomic mass is 15.2. The van der Waals surface area contributed by atoms with Crippen LogP contribution in [0, 0.1) is 0 Å². The molecule has 0 saturated carbocycles. The molecule has 1 N–H and O–H groups in total. The molecule has 13 heavy (non-hydrogen) atoms. The lowest BCUT2D eigenvalue weighted by Crippen LogP contribution is -2.47. The van der Waals surface area contributed by atoms with Crippen LogP contribution in [-0.4, -0.2) is 36.6 Å². The molecule has 1 rings (SSSR count). The first kappa shape index (κ1) is 10.7. The molecule has 76 valence electrons. The van der Waals surface area contributed by atoms with E-state index < -0.39 is 0 Å². The maximum Gasteiger partial charge on any atom is 0.0197 e. The highest BCUT2D eigenvalue weighted by Crippen LogP contribution is 2.10. The maximum absolute atomic E-state index is 3.78. The van der Waals surface area contributed by atoms with Crippen LogP contribution in [0.25, 0.3) is 0 Å². The minimum atomic E-state index is 0.605. The second-order valence-corrected chi connectivity index (χ2v) is 4.21. The molecule has 0 radical (unpaired) electrons. The van der Waals surface area contributed by atoms with Crippen LogP contribution in [0.5, 0.6) is 0 Å². The molecule has 1 fully saturated rings. The van der Waals surface area contributed by atoms with Gasteiger partial charge in [0.25, 0.3) is 0 Å². The van der Waals surface area contributed by atoms with Gasteiger partial charge >= 0.3 is 0 Å². The monoisotopic (exact) mass is 182 g/mol. The third kappa shape index (κ3) is 3.92. The summed E-state index contributed by atoms with van der Waals surface area (Å²) in [5.41, 5.74) is 0. The van der Waals surface area contributed by atoms with Crippen LogP contribution in [0.1, 0.15) is 26.7 Å². The molecule has 1 atom stereocenters. The third-order valence-electron chi connectivity index (χ3n) is 2.46. The summed E-state index contributed by atoms with van der Waals surface area (Å²) in [6.45, 7) is 11.7. The Labute approximate surface area is 82.0 Å². The zero-order valence-corrected chi connectivity index (χ0v) is 8.92. The maximum atomic E-state index is 3.78. The van der Waals surface area contributed by atoms with E-state index in [1.807, 2.05) is 6.08 Å². The van der Waals surface area contributed by atoms with Gasteiger partial charge in [0.2, 0.25) is 0 Å². The quantitative estimate of drug-likeness (QED) is 0.665. The summed E-state index contributed by atoms with van der Waals surface area (Å²) in [5.74, 6) is 0. The normalized spacial score (nSPS) is 25.0. The highest BCUT2D eigenvalue weighted by molar-refractivity contribution is 4.83. The van der Waals surface area contributed by atoms with Crippen molar-refractivity contribution in [3.63, 3.8) is 0 Å². The lowest BCUT2D eigenvalue weighted by Gasteiger charge is -2.33. The van der Waals surface area contributed by atoms with E-state index in [9.17, 15) is 0 Å². The number of hydrogen-bond acceptors (Lipinski definition) is 2. The molecule has 1 aliphatic heterocycles. The largest absolute Gasteiger partial charge is 0.311 e. The average Bonchev–Trinajstić information content (AvgIpc) is 2.04. The minimum absolute atomic E-state index is 0.605. The predicted molar refractivity (Wildman–Crippen MR) is 57.9 cm³/mol. The molecule has 1 aliphatic rings. The predicted octanol–water partition coefficient (Wildman–Crippen LogP) is 1.63. The fourth-order valence-electron chi connectivity index (χ4n) is 2.01. The molecule has 1 unspecified atom stereocenters. The molecule has 1 heterocycles. The van der Waals surface area contributed by atoms with Crippen molar-refractivity contribution in [2.75, 3.05) is 19.6 Å². The van der Waals surface area contributed by atoms with Gasteiger partial charge in [-0.3, -0.25) is 4.90 Å². The molecule has 0 spiro atoms. The van der Waals surface area contributed by atoms with Crippen molar-refractivity contribution in [2.24, 2.45) is 0 Å². The first-order valence-corrected chi connectivity index (χ1v) is 5.31. The SMILES string of the molecule is C=CCN1CCCC(NC(C)C)C1. The van der Waals surface area contributed by atoms with E-state index in [1.165, 1.54) is 25.9 Å². The van der Waals surface area contributed by atoms with Crippen LogP contribution in [0.2, 0.25) is 0 Å². The first-order valence-electron chi connectivity index (χ1n) is 5.31. The van der Waals surface area contributed by atoms with Crippen LogP contribution in [0.4, 0.5) is 0 Å². The minimum Gasteiger partial charge on any atom is -0.311 e. The van der Waals surface area contributed by atoms with Crippen LogP contribution in [-0.2, 0) is 0 Å². The van der Waals surface area contributed by atoms with E-state index in [-0.39, 0.29) is 0 Å². The van der Waals surface area contributed by atoms with Crippen molar-refractivity contribution in [1.29, 1.82) is 0 Å². The average molecular weight is 182 g/mol. The zero-order chi connectivity index (χ0) is 9.68. The molecule has 2 nitrogen and oxygen atoms in total. The van der Waals surface area contributed by atoms with Gasteiger partial charge in [-0.1, -0.05) is 19.9 Å². The molecule has 1 saturated heterocycles. The lowest BCUT2D eigenvalue weighted by molar-refractivity contribution is 0.202. The van der Waals surface area contributed by atoms with Crippen LogP contribution in [0.3, 0.4) is 0 Å². The fraction of sp³-hybridized carbons (Fsp3) is 0.818. The van der Waals surface area contributed by atoms with Crippen molar-refractivity contribution in [1.82, 2.24) is 10.2 Å². The Morgan fingerprint density at radius 3 is 3.00 bits per heavy atom. The van der Waals surface area contributed by atoms with E-state index in [4.69, 9.17) is 0 Å². The van der Waals surface area contributed by atoms with Crippen LogP contribution >= 0.6 is 0 Å². The van der Waals surface area contributed by atoms with Gasteiger partial charge in [-0.25, -0.2) is 0 Å². The number of rotatable bonds is 4. The van der Waals surface area contributed by atoms with Crippen LogP contribution < -0.4 is 5.32 Å². The fourth-order valence-corrected chi connectivity index (χ4v) is 2.01. The summed E-state index contributed by atoms with van der Waals surface area (Å²) in [7, 11) is 0. The van der Waals surface area contributed by atoms with Gasteiger partial charge in [-0.15, -0.1) is 6.58 Å². The molecule has 0 aromatic rings. The molecule has 0 bridgehead atoms. The smallest absolute Gasteiger partial charge is 0.0197 e. The topological polar surface area (TPSA) is 15.3 Å². The summed E-state index contributed by atoms with van der Waals surface area (Å²) in [6.07, 6.45) is 4.64. The summed E-state index contributed by atoms with van der Waals surface area (Å²) in [6, 6.07) is 1.29. The van der Waals surface area contributed by atoms with Crippen molar-refractivity contribution in [2.45, 2.75) is 38.8 Å². The van der Waals surface area contributed by atoms with E-state index >= 15 is 0 Å². The standard InChI is InChI=1S/C11H22N2/c1-4-7-13-8-5-6-11(9-13)12-10(2)3/h4,10-12H,1,5-9H2,2-3H3. The number of piperidine rings is 1. The number of nitrogens with one attached hydrogen (secondary N) is 1. The molecule has 0 amide bonds.